The summed E-state index contributed by atoms with van der Waals surface area (Å²) in [6.07, 6.45) is -0.754. The fraction of sp³-hybridized carbons (Fsp3) is 0.250. The Balaban J connectivity index is 1.88. The second kappa shape index (κ2) is 10.0. The number of aliphatic hydroxyl groups is 1. The lowest BCUT2D eigenvalue weighted by atomic mass is 9.95. The normalized spacial score (nSPS) is 13.0. The van der Waals surface area contributed by atoms with Crippen molar-refractivity contribution in [1.29, 1.82) is 0 Å². The first-order valence-corrected chi connectivity index (χ1v) is 10.6. The molecule has 152 valence electrons. The van der Waals surface area contributed by atoms with Gasteiger partial charge in [-0.25, -0.2) is 0 Å². The summed E-state index contributed by atoms with van der Waals surface area (Å²) in [5, 5.41) is 15.9. The van der Waals surface area contributed by atoms with E-state index in [9.17, 15) is 5.11 Å². The molecule has 0 radical (unpaired) electrons. The topological polar surface area (TPSA) is 35.5 Å². The second-order valence-electron chi connectivity index (χ2n) is 6.89. The third-order valence-electron chi connectivity index (χ3n) is 5.07. The van der Waals surface area contributed by atoms with Crippen LogP contribution in [0.1, 0.15) is 37.1 Å². The van der Waals surface area contributed by atoms with Crippen LogP contribution in [0.2, 0.25) is 10.0 Å². The summed E-state index contributed by atoms with van der Waals surface area (Å²) in [6, 6.07) is 22.8. The SMILES string of the molecule is CCN(CC)c1ccc(NC(c2ccc(Cl)cc2)C(O)c2ccc(Cl)cc2)cc1. The van der Waals surface area contributed by atoms with Crippen LogP contribution in [0.5, 0.6) is 0 Å². The molecule has 2 unspecified atom stereocenters. The zero-order chi connectivity index (χ0) is 20.8. The summed E-state index contributed by atoms with van der Waals surface area (Å²) in [7, 11) is 0. The van der Waals surface area contributed by atoms with Crippen molar-refractivity contribution < 1.29 is 5.11 Å². The molecule has 5 heteroatoms. The van der Waals surface area contributed by atoms with E-state index >= 15 is 0 Å². The molecule has 0 fully saturated rings. The molecule has 0 amide bonds. The zero-order valence-corrected chi connectivity index (χ0v) is 18.2. The summed E-state index contributed by atoms with van der Waals surface area (Å²) in [5.74, 6) is 0. The monoisotopic (exact) mass is 428 g/mol. The van der Waals surface area contributed by atoms with Gasteiger partial charge >= 0.3 is 0 Å². The van der Waals surface area contributed by atoms with Crippen LogP contribution in [0.4, 0.5) is 11.4 Å². The Kier molecular flexibility index (Phi) is 7.43. The van der Waals surface area contributed by atoms with E-state index in [1.807, 2.05) is 48.5 Å². The third kappa shape index (κ3) is 5.45. The van der Waals surface area contributed by atoms with Crippen molar-refractivity contribution in [3.05, 3.63) is 94.0 Å². The van der Waals surface area contributed by atoms with Gasteiger partial charge in [0.15, 0.2) is 0 Å². The summed E-state index contributed by atoms with van der Waals surface area (Å²) in [4.78, 5) is 2.29. The molecule has 3 aromatic carbocycles. The van der Waals surface area contributed by atoms with E-state index in [4.69, 9.17) is 23.2 Å². The Hall–Kier alpha value is -2.20. The van der Waals surface area contributed by atoms with Crippen LogP contribution in [0.25, 0.3) is 0 Å². The molecule has 0 saturated carbocycles. The maximum absolute atomic E-state index is 11.1. The average molecular weight is 429 g/mol. The average Bonchev–Trinajstić information content (AvgIpc) is 2.75. The van der Waals surface area contributed by atoms with Crippen molar-refractivity contribution in [2.75, 3.05) is 23.3 Å². The molecule has 2 N–H and O–H groups in total. The summed E-state index contributed by atoms with van der Waals surface area (Å²) in [5.41, 5.74) is 3.86. The van der Waals surface area contributed by atoms with Crippen LogP contribution in [-0.4, -0.2) is 18.2 Å². The summed E-state index contributed by atoms with van der Waals surface area (Å²) in [6.45, 7) is 6.22. The van der Waals surface area contributed by atoms with Crippen LogP contribution < -0.4 is 10.2 Å². The molecule has 0 heterocycles. The zero-order valence-electron chi connectivity index (χ0n) is 16.6. The number of hydrogen-bond donors (Lipinski definition) is 2. The third-order valence-corrected chi connectivity index (χ3v) is 5.58. The van der Waals surface area contributed by atoms with Gasteiger partial charge in [-0.15, -0.1) is 0 Å². The smallest absolute Gasteiger partial charge is 0.103 e. The van der Waals surface area contributed by atoms with Crippen molar-refractivity contribution in [3.63, 3.8) is 0 Å². The Bertz CT molecular complexity index is 892. The quantitative estimate of drug-likeness (QED) is 0.417. The number of anilines is 2. The van der Waals surface area contributed by atoms with Crippen molar-refractivity contribution in [1.82, 2.24) is 0 Å². The minimum absolute atomic E-state index is 0.340. The molecule has 0 spiro atoms. The van der Waals surface area contributed by atoms with Crippen LogP contribution >= 0.6 is 23.2 Å². The molecule has 0 bridgehead atoms. The molecule has 3 aromatic rings. The Morgan fingerprint density at radius 1 is 0.759 bits per heavy atom. The van der Waals surface area contributed by atoms with E-state index < -0.39 is 6.10 Å². The highest BCUT2D eigenvalue weighted by atomic mass is 35.5. The number of aliphatic hydroxyl groups excluding tert-OH is 1. The van der Waals surface area contributed by atoms with E-state index in [1.54, 1.807) is 12.1 Å². The molecule has 0 saturated heterocycles. The van der Waals surface area contributed by atoms with E-state index in [-0.39, 0.29) is 6.04 Å². The van der Waals surface area contributed by atoms with Gasteiger partial charge in [0.05, 0.1) is 6.04 Å². The first kappa shape index (κ1) is 21.5. The van der Waals surface area contributed by atoms with Crippen LogP contribution in [0.3, 0.4) is 0 Å². The molecular formula is C24H26Cl2N2O. The van der Waals surface area contributed by atoms with Crippen LogP contribution in [0, 0.1) is 0 Å². The lowest BCUT2D eigenvalue weighted by molar-refractivity contribution is 0.155. The van der Waals surface area contributed by atoms with Gasteiger partial charge in [-0.2, -0.15) is 0 Å². The van der Waals surface area contributed by atoms with Gasteiger partial charge < -0.3 is 15.3 Å². The van der Waals surface area contributed by atoms with Gasteiger partial charge in [-0.3, -0.25) is 0 Å². The number of benzene rings is 3. The lowest BCUT2D eigenvalue weighted by Crippen LogP contribution is -2.22. The lowest BCUT2D eigenvalue weighted by Gasteiger charge is -2.27. The first-order chi connectivity index (χ1) is 14.0. The van der Waals surface area contributed by atoms with Crippen LogP contribution in [-0.2, 0) is 0 Å². The number of rotatable bonds is 8. The number of halogens is 2. The molecule has 0 aromatic heterocycles. The van der Waals surface area contributed by atoms with E-state index in [1.165, 1.54) is 5.69 Å². The molecular weight excluding hydrogens is 403 g/mol. The maximum Gasteiger partial charge on any atom is 0.103 e. The van der Waals surface area contributed by atoms with E-state index in [2.05, 4.69) is 36.2 Å². The summed E-state index contributed by atoms with van der Waals surface area (Å²) >= 11 is 12.1. The standard InChI is InChI=1S/C24H26Cl2N2O/c1-3-28(4-2)22-15-13-21(14-16-22)27-23(17-5-9-19(25)10-6-17)24(29)18-7-11-20(26)12-8-18/h5-16,23-24,27,29H,3-4H2,1-2H3. The molecule has 3 rings (SSSR count). The Labute approximate surface area is 182 Å². The fourth-order valence-electron chi connectivity index (χ4n) is 3.40. The number of nitrogens with zero attached hydrogens (tertiary/aromatic N) is 1. The van der Waals surface area contributed by atoms with Gasteiger partial charge in [-0.05, 0) is 73.5 Å². The van der Waals surface area contributed by atoms with Crippen LogP contribution in [0.15, 0.2) is 72.8 Å². The van der Waals surface area contributed by atoms with Gasteiger partial charge in [0, 0.05) is 34.5 Å². The molecule has 2 atom stereocenters. The summed E-state index contributed by atoms with van der Waals surface area (Å²) < 4.78 is 0. The minimum Gasteiger partial charge on any atom is -0.386 e. The molecule has 0 aliphatic rings. The van der Waals surface area contributed by atoms with Crippen molar-refractivity contribution in [2.45, 2.75) is 26.0 Å². The fourth-order valence-corrected chi connectivity index (χ4v) is 3.66. The van der Waals surface area contributed by atoms with Crippen molar-refractivity contribution in [3.8, 4) is 0 Å². The Morgan fingerprint density at radius 2 is 1.24 bits per heavy atom. The number of nitrogens with one attached hydrogen (secondary N) is 1. The highest BCUT2D eigenvalue weighted by molar-refractivity contribution is 6.30. The van der Waals surface area contributed by atoms with E-state index in [0.717, 1.165) is 29.9 Å². The maximum atomic E-state index is 11.1. The predicted octanol–water partition coefficient (Wildman–Crippen LogP) is 6.73. The van der Waals surface area contributed by atoms with Gasteiger partial charge in [0.25, 0.3) is 0 Å². The van der Waals surface area contributed by atoms with Gasteiger partial charge in [-0.1, -0.05) is 47.5 Å². The molecule has 3 nitrogen and oxygen atoms in total. The second-order valence-corrected chi connectivity index (χ2v) is 7.76. The van der Waals surface area contributed by atoms with Crippen molar-refractivity contribution >= 4 is 34.6 Å². The Morgan fingerprint density at radius 3 is 1.72 bits per heavy atom. The van der Waals surface area contributed by atoms with Crippen molar-refractivity contribution in [2.24, 2.45) is 0 Å². The first-order valence-electron chi connectivity index (χ1n) is 9.82. The molecule has 0 aliphatic heterocycles. The number of hydrogen-bond acceptors (Lipinski definition) is 3. The highest BCUT2D eigenvalue weighted by Gasteiger charge is 2.23. The largest absolute Gasteiger partial charge is 0.386 e. The van der Waals surface area contributed by atoms with E-state index in [0.29, 0.717) is 10.0 Å². The van der Waals surface area contributed by atoms with Gasteiger partial charge in [0.2, 0.25) is 0 Å². The molecule has 0 aliphatic carbocycles. The minimum atomic E-state index is -0.754. The predicted molar refractivity (Wildman–Crippen MR) is 124 cm³/mol. The highest BCUT2D eigenvalue weighted by Crippen LogP contribution is 2.33. The van der Waals surface area contributed by atoms with Gasteiger partial charge in [0.1, 0.15) is 6.10 Å². The molecule has 29 heavy (non-hydrogen) atoms.